The van der Waals surface area contributed by atoms with E-state index in [1.54, 1.807) is 13.0 Å². The largest absolute Gasteiger partial charge is 0.306 e. The van der Waals surface area contributed by atoms with Crippen molar-refractivity contribution >= 4 is 33.0 Å². The molecular weight excluding hydrogens is 358 g/mol. The van der Waals surface area contributed by atoms with Crippen molar-refractivity contribution in [3.05, 3.63) is 46.8 Å². The minimum atomic E-state index is -3.72. The maximum Gasteiger partial charge on any atom is 0.250 e. The third kappa shape index (κ3) is 4.16. The van der Waals surface area contributed by atoms with E-state index in [0.29, 0.717) is 0 Å². The van der Waals surface area contributed by atoms with E-state index >= 15 is 0 Å². The van der Waals surface area contributed by atoms with Crippen LogP contribution >= 0.6 is 11.3 Å². The van der Waals surface area contributed by atoms with E-state index in [2.05, 4.69) is 4.72 Å². The molecule has 0 unspecified atom stereocenters. The first kappa shape index (κ1) is 18.5. The van der Waals surface area contributed by atoms with Crippen LogP contribution in [0.25, 0.3) is 0 Å². The summed E-state index contributed by atoms with van der Waals surface area (Å²) in [6.45, 7) is 2.56. The van der Waals surface area contributed by atoms with Crippen molar-refractivity contribution in [2.24, 2.45) is 0 Å². The number of rotatable bonds is 6. The molecule has 5 nitrogen and oxygen atoms in total. The molecule has 1 aromatic carbocycles. The van der Waals surface area contributed by atoms with Crippen LogP contribution in [0.1, 0.15) is 11.8 Å². The topological polar surface area (TPSA) is 66.5 Å². The lowest BCUT2D eigenvalue weighted by molar-refractivity contribution is -0.116. The van der Waals surface area contributed by atoms with Crippen molar-refractivity contribution in [1.29, 1.82) is 0 Å². The highest BCUT2D eigenvalue weighted by Crippen LogP contribution is 2.23. The second-order valence-corrected chi connectivity index (χ2v) is 8.29. The summed E-state index contributed by atoms with van der Waals surface area (Å²) in [6.07, 6.45) is 0. The van der Waals surface area contributed by atoms with E-state index < -0.39 is 33.3 Å². The van der Waals surface area contributed by atoms with Gasteiger partial charge in [-0.05, 0) is 31.2 Å². The lowest BCUT2D eigenvalue weighted by atomic mass is 10.2. The van der Waals surface area contributed by atoms with Crippen molar-refractivity contribution in [1.82, 2.24) is 4.72 Å². The molecule has 1 amide bonds. The molecule has 24 heavy (non-hydrogen) atoms. The average Bonchev–Trinajstić information content (AvgIpc) is 2.92. The second kappa shape index (κ2) is 7.37. The minimum absolute atomic E-state index is 0.145. The lowest BCUT2D eigenvalue weighted by Gasteiger charge is -2.22. The zero-order valence-electron chi connectivity index (χ0n) is 13.0. The quantitative estimate of drug-likeness (QED) is 0.845. The highest BCUT2D eigenvalue weighted by molar-refractivity contribution is 7.91. The number of benzene rings is 1. The van der Waals surface area contributed by atoms with Crippen LogP contribution in [0.2, 0.25) is 0 Å². The molecule has 9 heteroatoms. The molecule has 2 rings (SSSR count). The van der Waals surface area contributed by atoms with Crippen LogP contribution < -0.4 is 9.62 Å². The molecule has 1 aromatic heterocycles. The van der Waals surface area contributed by atoms with Gasteiger partial charge in [-0.1, -0.05) is 6.07 Å². The predicted octanol–water partition coefficient (Wildman–Crippen LogP) is 2.67. The fourth-order valence-corrected chi connectivity index (χ4v) is 4.44. The van der Waals surface area contributed by atoms with Gasteiger partial charge in [-0.15, -0.1) is 11.3 Å². The number of carbonyl (C=O) groups excluding carboxylic acids is 1. The molecular formula is C15H16F2N2O3S2. The number of carbonyl (C=O) groups is 1. The summed E-state index contributed by atoms with van der Waals surface area (Å²) in [4.78, 5) is 13.4. The maximum atomic E-state index is 13.8. The van der Waals surface area contributed by atoms with Gasteiger partial charge in [0.15, 0.2) is 0 Å². The highest BCUT2D eigenvalue weighted by Gasteiger charge is 2.21. The minimum Gasteiger partial charge on any atom is -0.306 e. The molecule has 0 spiro atoms. The van der Waals surface area contributed by atoms with Crippen LogP contribution in [0.15, 0.2) is 34.5 Å². The second-order valence-electron chi connectivity index (χ2n) is 5.00. The number of hydrogen-bond donors (Lipinski definition) is 1. The standard InChI is InChI=1S/C15H16F2N2O3S2/c1-10-6-7-14(23-10)24(21,22)18-8-9-19(11(2)20)15-12(16)4-3-5-13(15)17/h3-7,18H,8-9H2,1-2H3. The van der Waals surface area contributed by atoms with E-state index in [0.717, 1.165) is 40.2 Å². The fourth-order valence-electron chi connectivity index (χ4n) is 2.09. The van der Waals surface area contributed by atoms with Crippen molar-refractivity contribution < 1.29 is 22.0 Å². The van der Waals surface area contributed by atoms with Gasteiger partial charge in [0.1, 0.15) is 21.5 Å². The number of hydrogen-bond acceptors (Lipinski definition) is 4. The number of thiophene rings is 1. The van der Waals surface area contributed by atoms with E-state index in [9.17, 15) is 22.0 Å². The molecule has 1 heterocycles. The Labute approximate surface area is 143 Å². The summed E-state index contributed by atoms with van der Waals surface area (Å²) >= 11 is 1.11. The van der Waals surface area contributed by atoms with Crippen LogP contribution in [0, 0.1) is 18.6 Å². The zero-order valence-corrected chi connectivity index (χ0v) is 14.7. The molecule has 0 saturated carbocycles. The normalized spacial score (nSPS) is 11.5. The van der Waals surface area contributed by atoms with E-state index in [4.69, 9.17) is 0 Å². The lowest BCUT2D eigenvalue weighted by Crippen LogP contribution is -2.38. The van der Waals surface area contributed by atoms with Crippen LogP contribution in [-0.2, 0) is 14.8 Å². The van der Waals surface area contributed by atoms with E-state index in [1.807, 2.05) is 0 Å². The number of nitrogens with one attached hydrogen (secondary N) is 1. The Bertz CT molecular complexity index is 830. The zero-order chi connectivity index (χ0) is 17.9. The van der Waals surface area contributed by atoms with E-state index in [-0.39, 0.29) is 17.3 Å². The Kier molecular flexibility index (Phi) is 5.68. The van der Waals surface area contributed by atoms with Crippen LogP contribution in [-0.4, -0.2) is 27.4 Å². The van der Waals surface area contributed by atoms with Gasteiger partial charge < -0.3 is 4.90 Å². The predicted molar refractivity (Wildman–Crippen MR) is 88.6 cm³/mol. The number of anilines is 1. The number of para-hydroxylation sites is 1. The Balaban J connectivity index is 2.12. The third-order valence-electron chi connectivity index (χ3n) is 3.20. The molecule has 1 N–H and O–H groups in total. The Morgan fingerprint density at radius 2 is 1.83 bits per heavy atom. The van der Waals surface area contributed by atoms with Gasteiger partial charge >= 0.3 is 0 Å². The van der Waals surface area contributed by atoms with Gasteiger partial charge in [0.05, 0.1) is 0 Å². The first-order valence-corrected chi connectivity index (χ1v) is 9.30. The summed E-state index contributed by atoms with van der Waals surface area (Å²) in [5, 5.41) is 0. The van der Waals surface area contributed by atoms with Gasteiger partial charge in [-0.2, -0.15) is 0 Å². The molecule has 0 radical (unpaired) electrons. The summed E-state index contributed by atoms with van der Waals surface area (Å²) < 4.78 is 54.3. The van der Waals surface area contributed by atoms with Crippen LogP contribution in [0.4, 0.5) is 14.5 Å². The number of amides is 1. The summed E-state index contributed by atoms with van der Waals surface area (Å²) in [6, 6.07) is 6.41. The SMILES string of the molecule is CC(=O)N(CCNS(=O)(=O)c1ccc(C)s1)c1c(F)cccc1F. The Hall–Kier alpha value is -1.84. The van der Waals surface area contributed by atoms with Crippen molar-refractivity contribution in [2.45, 2.75) is 18.1 Å². The van der Waals surface area contributed by atoms with Gasteiger partial charge in [0, 0.05) is 24.9 Å². The molecule has 0 atom stereocenters. The third-order valence-corrected chi connectivity index (χ3v) is 6.15. The smallest absolute Gasteiger partial charge is 0.250 e. The average molecular weight is 374 g/mol. The number of aryl methyl sites for hydroxylation is 1. The molecule has 2 aromatic rings. The first-order chi connectivity index (χ1) is 11.2. The summed E-state index contributed by atoms with van der Waals surface area (Å²) in [7, 11) is -3.72. The molecule has 0 saturated heterocycles. The number of sulfonamides is 1. The molecule has 0 aliphatic carbocycles. The van der Waals surface area contributed by atoms with Gasteiger partial charge in [-0.3, -0.25) is 4.79 Å². The van der Waals surface area contributed by atoms with Crippen molar-refractivity contribution in [3.63, 3.8) is 0 Å². The molecule has 0 bridgehead atoms. The number of nitrogens with zero attached hydrogens (tertiary/aromatic N) is 1. The van der Waals surface area contributed by atoms with Gasteiger partial charge in [0.25, 0.3) is 0 Å². The Morgan fingerprint density at radius 3 is 2.33 bits per heavy atom. The Morgan fingerprint density at radius 1 is 1.21 bits per heavy atom. The van der Waals surface area contributed by atoms with Gasteiger partial charge in [-0.25, -0.2) is 21.9 Å². The monoisotopic (exact) mass is 374 g/mol. The summed E-state index contributed by atoms with van der Waals surface area (Å²) in [5.41, 5.74) is -0.490. The number of halogens is 2. The van der Waals surface area contributed by atoms with Crippen LogP contribution in [0.3, 0.4) is 0 Å². The fraction of sp³-hybridized carbons (Fsp3) is 0.267. The van der Waals surface area contributed by atoms with Crippen molar-refractivity contribution in [2.75, 3.05) is 18.0 Å². The van der Waals surface area contributed by atoms with E-state index in [1.165, 1.54) is 12.1 Å². The van der Waals surface area contributed by atoms with Crippen LogP contribution in [0.5, 0.6) is 0 Å². The molecule has 0 fully saturated rings. The summed E-state index contributed by atoms with van der Waals surface area (Å²) in [5.74, 6) is -2.37. The maximum absolute atomic E-state index is 13.8. The highest BCUT2D eigenvalue weighted by atomic mass is 32.2. The molecule has 0 aliphatic rings. The molecule has 130 valence electrons. The molecule has 0 aliphatic heterocycles. The first-order valence-electron chi connectivity index (χ1n) is 7.00. The van der Waals surface area contributed by atoms with Crippen molar-refractivity contribution in [3.8, 4) is 0 Å². The van der Waals surface area contributed by atoms with Gasteiger partial charge in [0.2, 0.25) is 15.9 Å².